The number of anilines is 1. The maximum absolute atomic E-state index is 10.4. The van der Waals surface area contributed by atoms with Gasteiger partial charge in [0, 0.05) is 6.54 Å². The van der Waals surface area contributed by atoms with Crippen molar-refractivity contribution in [2.75, 3.05) is 71.4 Å². The molecule has 1 unspecified atom stereocenters. The zero-order chi connectivity index (χ0) is 30.4. The van der Waals surface area contributed by atoms with Crippen LogP contribution < -0.4 is 10.1 Å². The molecule has 1 aliphatic heterocycles. The average Bonchev–Trinajstić information content (AvgIpc) is 3.55. The molecule has 0 spiro atoms. The highest BCUT2D eigenvalue weighted by atomic mass is 35.5. The molecule has 2 aromatic heterocycles. The molecule has 0 amide bonds. The summed E-state index contributed by atoms with van der Waals surface area (Å²) in [4.78, 5) is 8.52. The molecule has 3 aromatic rings. The molecule has 1 saturated heterocycles. The summed E-state index contributed by atoms with van der Waals surface area (Å²) in [7, 11) is 0. The van der Waals surface area contributed by atoms with Gasteiger partial charge in [-0.25, -0.2) is 4.68 Å². The van der Waals surface area contributed by atoms with Crippen LogP contribution >= 0.6 is 11.6 Å². The van der Waals surface area contributed by atoms with Crippen molar-refractivity contribution in [3.05, 3.63) is 41.3 Å². The minimum atomic E-state index is -1.31. The van der Waals surface area contributed by atoms with E-state index in [1.165, 1.54) is 10.9 Å². The van der Waals surface area contributed by atoms with Crippen LogP contribution in [0.25, 0.3) is 11.0 Å². The van der Waals surface area contributed by atoms with Gasteiger partial charge in [0.25, 0.3) is 0 Å². The lowest BCUT2D eigenvalue weighted by Gasteiger charge is -2.16. The lowest BCUT2D eigenvalue weighted by molar-refractivity contribution is -0.0566. The Kier molecular flexibility index (Phi) is 13.2. The molecule has 43 heavy (non-hydrogen) atoms. The lowest BCUT2D eigenvalue weighted by atomic mass is 10.1. The highest BCUT2D eigenvalue weighted by Gasteiger charge is 2.44. The smallest absolute Gasteiger partial charge is 0.226 e. The Morgan fingerprint density at radius 1 is 0.977 bits per heavy atom. The monoisotopic (exact) mass is 621 g/mol. The van der Waals surface area contributed by atoms with Crippen molar-refractivity contribution >= 4 is 28.5 Å². The number of fused-ring (bicyclic) bond motifs is 1. The quantitative estimate of drug-likeness (QED) is 0.0841. The molecular weight excluding hydrogens is 586 g/mol. The predicted molar refractivity (Wildman–Crippen MR) is 155 cm³/mol. The van der Waals surface area contributed by atoms with Crippen LogP contribution in [0.3, 0.4) is 0 Å². The minimum Gasteiger partial charge on any atom is -0.491 e. The zero-order valence-electron chi connectivity index (χ0n) is 23.5. The first kappa shape index (κ1) is 32.8. The largest absolute Gasteiger partial charge is 0.491 e. The van der Waals surface area contributed by atoms with E-state index >= 15 is 0 Å². The summed E-state index contributed by atoms with van der Waals surface area (Å²) < 4.78 is 34.2. The first-order chi connectivity index (χ1) is 21.0. The fourth-order valence-electron chi connectivity index (χ4n) is 4.24. The number of aliphatic hydroxyl groups is 3. The number of benzene rings is 1. The molecule has 4 atom stereocenters. The first-order valence-corrected chi connectivity index (χ1v) is 14.1. The van der Waals surface area contributed by atoms with Crippen LogP contribution in [0.2, 0.25) is 5.28 Å². The van der Waals surface area contributed by atoms with E-state index in [-0.39, 0.29) is 11.9 Å². The van der Waals surface area contributed by atoms with Gasteiger partial charge in [0.1, 0.15) is 43.1 Å². The van der Waals surface area contributed by atoms with Crippen LogP contribution in [-0.2, 0) is 30.2 Å². The van der Waals surface area contributed by atoms with Gasteiger partial charge in [0.2, 0.25) is 5.28 Å². The number of rotatable bonds is 19. The van der Waals surface area contributed by atoms with Gasteiger partial charge in [-0.15, -0.1) is 6.42 Å². The van der Waals surface area contributed by atoms with E-state index < -0.39 is 31.1 Å². The molecule has 4 rings (SSSR count). The van der Waals surface area contributed by atoms with E-state index in [1.54, 1.807) is 0 Å². The third-order valence-electron chi connectivity index (χ3n) is 6.34. The molecule has 15 heteroatoms. The highest BCUT2D eigenvalue weighted by molar-refractivity contribution is 6.28. The minimum absolute atomic E-state index is 0.0403. The summed E-state index contributed by atoms with van der Waals surface area (Å²) in [6, 6.07) is 7.57. The van der Waals surface area contributed by atoms with Gasteiger partial charge in [-0.2, -0.15) is 15.1 Å². The zero-order valence-corrected chi connectivity index (χ0v) is 24.3. The van der Waals surface area contributed by atoms with Gasteiger partial charge in [0.15, 0.2) is 11.9 Å². The van der Waals surface area contributed by atoms with Gasteiger partial charge in [-0.3, -0.25) is 0 Å². The lowest BCUT2D eigenvalue weighted by Crippen LogP contribution is -2.33. The third kappa shape index (κ3) is 9.44. The Morgan fingerprint density at radius 2 is 1.67 bits per heavy atom. The maximum Gasteiger partial charge on any atom is 0.226 e. The van der Waals surface area contributed by atoms with Crippen molar-refractivity contribution in [2.24, 2.45) is 0 Å². The summed E-state index contributed by atoms with van der Waals surface area (Å²) in [5, 5.41) is 37.9. The third-order valence-corrected chi connectivity index (χ3v) is 6.51. The number of terminal acetylenes is 1. The number of hydrogen-bond acceptors (Lipinski definition) is 13. The van der Waals surface area contributed by atoms with Crippen molar-refractivity contribution in [2.45, 2.75) is 31.1 Å². The standard InChI is InChI=1S/C28H36ClN5O9/c1-2-6-38-7-8-39-9-10-40-11-12-41-13-14-42-20-5-3-4-19(15-20)16-30-25-21-17-31-34(26(21)33-28(29)32-25)27-24(37)23(36)22(18-35)43-27/h1,3-5,15,17,22-24,27,35-37H,6-14,16,18H2,(H,30,32,33)/t22-,23-,24-,27?/m1/s1. The molecule has 0 bridgehead atoms. The van der Waals surface area contributed by atoms with Gasteiger partial charge in [-0.05, 0) is 29.3 Å². The fourth-order valence-corrected chi connectivity index (χ4v) is 4.41. The van der Waals surface area contributed by atoms with Gasteiger partial charge in [-0.1, -0.05) is 18.1 Å². The SMILES string of the molecule is C#CCOCCOCCOCCOCCOc1cccc(CNc2nc(Cl)nc3c2cnn3C2O[C@H](CO)[C@@H](O)[C@H]2O)c1. The van der Waals surface area contributed by atoms with E-state index in [0.717, 1.165) is 5.56 Å². The number of aromatic nitrogens is 4. The number of hydrogen-bond donors (Lipinski definition) is 4. The molecule has 4 N–H and O–H groups in total. The predicted octanol–water partition coefficient (Wildman–Crippen LogP) is 0.782. The number of halogens is 1. The summed E-state index contributed by atoms with van der Waals surface area (Å²) in [5.41, 5.74) is 1.23. The van der Waals surface area contributed by atoms with Crippen molar-refractivity contribution in [3.63, 3.8) is 0 Å². The second-order valence-electron chi connectivity index (χ2n) is 9.34. The molecule has 0 aliphatic carbocycles. The number of ether oxygens (including phenoxy) is 6. The van der Waals surface area contributed by atoms with Gasteiger partial charge >= 0.3 is 0 Å². The molecule has 234 valence electrons. The summed E-state index contributed by atoms with van der Waals surface area (Å²) in [6.07, 6.45) is 2.02. The van der Waals surface area contributed by atoms with Gasteiger partial charge in [0.05, 0.1) is 64.4 Å². The fraction of sp³-hybridized carbons (Fsp3) is 0.536. The molecular formula is C28H36ClN5O9. The number of aliphatic hydroxyl groups excluding tert-OH is 3. The maximum atomic E-state index is 10.4. The Bertz CT molecular complexity index is 1320. The molecule has 0 radical (unpaired) electrons. The normalized spacial score (nSPS) is 20.0. The number of nitrogens with zero attached hydrogens (tertiary/aromatic N) is 4. The van der Waals surface area contributed by atoms with Crippen LogP contribution in [0.15, 0.2) is 30.5 Å². The summed E-state index contributed by atoms with van der Waals surface area (Å²) in [6.45, 7) is 3.79. The average molecular weight is 622 g/mol. The molecule has 0 saturated carbocycles. The Morgan fingerprint density at radius 3 is 2.35 bits per heavy atom. The van der Waals surface area contributed by atoms with E-state index in [2.05, 4.69) is 26.3 Å². The number of nitrogens with one attached hydrogen (secondary N) is 1. The van der Waals surface area contributed by atoms with Crippen LogP contribution in [0, 0.1) is 12.3 Å². The second-order valence-corrected chi connectivity index (χ2v) is 9.68. The highest BCUT2D eigenvalue weighted by Crippen LogP contribution is 2.32. The molecule has 1 aromatic carbocycles. The Hall–Kier alpha value is -3.10. The van der Waals surface area contributed by atoms with Crippen LogP contribution in [0.5, 0.6) is 5.75 Å². The van der Waals surface area contributed by atoms with Crippen LogP contribution in [0.4, 0.5) is 5.82 Å². The van der Waals surface area contributed by atoms with E-state index in [9.17, 15) is 15.3 Å². The molecule has 14 nitrogen and oxygen atoms in total. The molecule has 1 fully saturated rings. The van der Waals surface area contributed by atoms with Crippen molar-refractivity contribution in [3.8, 4) is 18.1 Å². The second kappa shape index (κ2) is 17.3. The topological polar surface area (TPSA) is 172 Å². The van der Waals surface area contributed by atoms with Crippen molar-refractivity contribution < 1.29 is 43.7 Å². The van der Waals surface area contributed by atoms with E-state index in [1.807, 2.05) is 24.3 Å². The van der Waals surface area contributed by atoms with E-state index in [0.29, 0.717) is 82.0 Å². The van der Waals surface area contributed by atoms with Crippen LogP contribution in [-0.4, -0.2) is 119 Å². The van der Waals surface area contributed by atoms with Gasteiger partial charge < -0.3 is 49.1 Å². The van der Waals surface area contributed by atoms with E-state index in [4.69, 9.17) is 46.4 Å². The summed E-state index contributed by atoms with van der Waals surface area (Å²) in [5.74, 6) is 3.50. The first-order valence-electron chi connectivity index (χ1n) is 13.7. The Labute approximate surface area is 253 Å². The summed E-state index contributed by atoms with van der Waals surface area (Å²) >= 11 is 6.19. The Balaban J connectivity index is 1.18. The molecule has 3 heterocycles. The van der Waals surface area contributed by atoms with Crippen LogP contribution in [0.1, 0.15) is 11.8 Å². The van der Waals surface area contributed by atoms with Crippen molar-refractivity contribution in [1.29, 1.82) is 0 Å². The molecule has 1 aliphatic rings. The van der Waals surface area contributed by atoms with Crippen molar-refractivity contribution in [1.82, 2.24) is 19.7 Å².